The molecule has 2 nitrogen and oxygen atoms in total. The van der Waals surface area contributed by atoms with E-state index in [0.29, 0.717) is 0 Å². The van der Waals surface area contributed by atoms with Gasteiger partial charge in [-0.1, -0.05) is 26.7 Å². The van der Waals surface area contributed by atoms with Crippen LogP contribution in [-0.4, -0.2) is 43.8 Å². The second-order valence-electron chi connectivity index (χ2n) is 7.11. The van der Waals surface area contributed by atoms with Gasteiger partial charge in [0.1, 0.15) is 13.1 Å². The molecule has 0 aromatic heterocycles. The fourth-order valence-electron chi connectivity index (χ4n) is 4.40. The molecule has 2 unspecified atom stereocenters. The lowest BCUT2D eigenvalue weighted by Gasteiger charge is -2.29. The van der Waals surface area contributed by atoms with Crippen LogP contribution in [0.15, 0.2) is 0 Å². The van der Waals surface area contributed by atoms with Gasteiger partial charge in [-0.25, -0.2) is 0 Å². The van der Waals surface area contributed by atoms with Crippen molar-refractivity contribution >= 4 is 0 Å². The quantitative estimate of drug-likeness (QED) is 0.279. The van der Waals surface area contributed by atoms with Gasteiger partial charge in [0.25, 0.3) is 0 Å². The minimum atomic E-state index is 0. The molecule has 2 atom stereocenters. The zero-order valence-corrected chi connectivity index (χ0v) is 17.9. The molecule has 1 aliphatic carbocycles. The number of likely N-dealkylation sites (tertiary alicyclic amines) is 1. The minimum absolute atomic E-state index is 0. The fraction of sp³-hybridized carbons (Fsp3) is 1.00. The summed E-state index contributed by atoms with van der Waals surface area (Å²) in [5.41, 5.74) is 0. The maximum absolute atomic E-state index is 2.60. The Labute approximate surface area is 160 Å². The van der Waals surface area contributed by atoms with Gasteiger partial charge >= 0.3 is 0 Å². The highest BCUT2D eigenvalue weighted by molar-refractivity contribution is 4.80. The first kappa shape index (κ1) is 21.4. The molecule has 0 aromatic rings. The predicted molar refractivity (Wildman–Crippen MR) is 77.4 cm³/mol. The van der Waals surface area contributed by atoms with E-state index in [4.69, 9.17) is 0 Å². The summed E-state index contributed by atoms with van der Waals surface area (Å²) >= 11 is 0. The number of halogens is 2. The molecule has 1 aliphatic heterocycles. The van der Waals surface area contributed by atoms with Crippen LogP contribution in [0.4, 0.5) is 0 Å². The van der Waals surface area contributed by atoms with Crippen molar-refractivity contribution in [2.24, 2.45) is 11.8 Å². The lowest BCUT2D eigenvalue weighted by Crippen LogP contribution is -3.00. The number of nitrogens with zero attached hydrogens (tertiary/aromatic N) is 1. The highest BCUT2D eigenvalue weighted by Gasteiger charge is 2.43. The van der Waals surface area contributed by atoms with Crippen molar-refractivity contribution in [3.63, 3.8) is 0 Å². The lowest BCUT2D eigenvalue weighted by molar-refractivity contribution is -0.913. The third-order valence-electron chi connectivity index (χ3n) is 5.63. The smallest absolute Gasteiger partial charge is 0.128 e. The van der Waals surface area contributed by atoms with Gasteiger partial charge < -0.3 is 57.8 Å². The van der Waals surface area contributed by atoms with Gasteiger partial charge in [-0.2, -0.15) is 0 Å². The monoisotopic (exact) mass is 508 g/mol. The highest BCUT2D eigenvalue weighted by atomic mass is 127. The summed E-state index contributed by atoms with van der Waals surface area (Å²) in [4.78, 5) is 0. The van der Waals surface area contributed by atoms with Crippen molar-refractivity contribution in [2.45, 2.75) is 58.4 Å². The Bertz CT molecular complexity index is 243. The molecule has 2 aliphatic rings. The van der Waals surface area contributed by atoms with Crippen LogP contribution in [0.1, 0.15) is 52.4 Å². The van der Waals surface area contributed by atoms with Crippen LogP contribution < -0.4 is 53.3 Å². The number of hydrogen-bond acceptors (Lipinski definition) is 0. The summed E-state index contributed by atoms with van der Waals surface area (Å²) in [5.74, 6) is 2.13. The van der Waals surface area contributed by atoms with E-state index < -0.39 is 0 Å². The van der Waals surface area contributed by atoms with E-state index in [1.807, 2.05) is 0 Å². The van der Waals surface area contributed by atoms with Crippen LogP contribution in [0, 0.1) is 11.8 Å². The molecule has 2 N–H and O–H groups in total. The standard InChI is InChI=1S/C16H33N2.2HI/c1-4-16(5-2)17-10-11-18(3)12-14-8-6-7-9-15(14)13-18;;/h14-17H,4-13H2,1-3H3;2*1H/q+1;;/p-1. The normalized spacial score (nSPS) is 32.4. The molecule has 1 saturated carbocycles. The summed E-state index contributed by atoms with van der Waals surface area (Å²) < 4.78 is 1.37. The molecular weight excluding hydrogens is 474 g/mol. The predicted octanol–water partition coefficient (Wildman–Crippen LogP) is -3.99. The van der Waals surface area contributed by atoms with E-state index in [1.54, 1.807) is 0 Å². The second-order valence-corrected chi connectivity index (χ2v) is 7.11. The largest absolute Gasteiger partial charge is 1.00 e. The van der Waals surface area contributed by atoms with Crippen LogP contribution in [0.3, 0.4) is 0 Å². The molecule has 0 spiro atoms. The molecule has 2 rings (SSSR count). The number of nitrogens with two attached hydrogens (primary N) is 1. The third kappa shape index (κ3) is 5.88. The van der Waals surface area contributed by atoms with E-state index in [0.717, 1.165) is 17.9 Å². The molecule has 1 heterocycles. The van der Waals surface area contributed by atoms with E-state index >= 15 is 0 Å². The van der Waals surface area contributed by atoms with E-state index in [-0.39, 0.29) is 48.0 Å². The van der Waals surface area contributed by atoms with Crippen molar-refractivity contribution in [2.75, 3.05) is 33.2 Å². The zero-order valence-electron chi connectivity index (χ0n) is 13.6. The van der Waals surface area contributed by atoms with Crippen molar-refractivity contribution in [1.82, 2.24) is 0 Å². The van der Waals surface area contributed by atoms with Crippen LogP contribution in [0.5, 0.6) is 0 Å². The topological polar surface area (TPSA) is 16.6 Å². The molecule has 20 heavy (non-hydrogen) atoms. The van der Waals surface area contributed by atoms with Gasteiger partial charge in [-0.15, -0.1) is 0 Å². The molecule has 0 radical (unpaired) electrons. The maximum Gasteiger partial charge on any atom is 0.128 e. The number of quaternary nitrogens is 2. The number of rotatable bonds is 6. The summed E-state index contributed by atoms with van der Waals surface area (Å²) in [6.07, 6.45) is 8.70. The molecule has 0 amide bonds. The molecule has 2 fully saturated rings. The van der Waals surface area contributed by atoms with Gasteiger partial charge in [-0.05, 0) is 25.7 Å². The molecular formula is C16H34I2N2. The SMILES string of the molecule is CCC(CC)[NH2+]CC[N+]1(C)CC2CCCCC2C1.[I-].[I-]. The second kappa shape index (κ2) is 10.2. The maximum atomic E-state index is 2.60. The van der Waals surface area contributed by atoms with Crippen molar-refractivity contribution in [1.29, 1.82) is 0 Å². The Balaban J connectivity index is 0.00000180. The molecule has 0 bridgehead atoms. The van der Waals surface area contributed by atoms with E-state index in [2.05, 4.69) is 26.2 Å². The van der Waals surface area contributed by atoms with Crippen LogP contribution >= 0.6 is 0 Å². The minimum Gasteiger partial charge on any atom is -1.00 e. The summed E-state index contributed by atoms with van der Waals surface area (Å²) in [5, 5.41) is 2.60. The Morgan fingerprint density at radius 2 is 1.50 bits per heavy atom. The molecule has 4 heteroatoms. The Morgan fingerprint density at radius 1 is 1.00 bits per heavy atom. The summed E-state index contributed by atoms with van der Waals surface area (Å²) in [6, 6.07) is 0.862. The Morgan fingerprint density at radius 3 is 1.95 bits per heavy atom. The van der Waals surface area contributed by atoms with Gasteiger partial charge in [0.2, 0.25) is 0 Å². The lowest BCUT2D eigenvalue weighted by atomic mass is 9.82. The zero-order chi connectivity index (χ0) is 13.0. The average molecular weight is 508 g/mol. The van der Waals surface area contributed by atoms with Crippen LogP contribution in [-0.2, 0) is 0 Å². The molecule has 122 valence electrons. The fourth-order valence-corrected chi connectivity index (χ4v) is 4.40. The Kier molecular flexibility index (Phi) is 10.9. The van der Waals surface area contributed by atoms with Gasteiger partial charge in [0, 0.05) is 11.8 Å². The van der Waals surface area contributed by atoms with E-state index in [1.165, 1.54) is 69.2 Å². The van der Waals surface area contributed by atoms with Gasteiger partial charge in [0.15, 0.2) is 0 Å². The highest BCUT2D eigenvalue weighted by Crippen LogP contribution is 2.38. The number of hydrogen-bond donors (Lipinski definition) is 1. The van der Waals surface area contributed by atoms with Crippen molar-refractivity contribution in [3.05, 3.63) is 0 Å². The number of fused-ring (bicyclic) bond motifs is 1. The van der Waals surface area contributed by atoms with Gasteiger partial charge in [0.05, 0.1) is 26.2 Å². The Hall–Kier alpha value is 1.38. The third-order valence-corrected chi connectivity index (χ3v) is 5.63. The molecule has 0 aromatic carbocycles. The first-order valence-corrected chi connectivity index (χ1v) is 8.33. The average Bonchev–Trinajstić information content (AvgIpc) is 2.71. The van der Waals surface area contributed by atoms with Crippen molar-refractivity contribution in [3.8, 4) is 0 Å². The van der Waals surface area contributed by atoms with E-state index in [9.17, 15) is 0 Å². The summed E-state index contributed by atoms with van der Waals surface area (Å²) in [7, 11) is 2.51. The first-order chi connectivity index (χ1) is 8.67. The van der Waals surface area contributed by atoms with Crippen LogP contribution in [0.2, 0.25) is 0 Å². The van der Waals surface area contributed by atoms with Gasteiger partial charge in [-0.3, -0.25) is 0 Å². The number of likely N-dealkylation sites (N-methyl/N-ethyl adjacent to an activating group) is 1. The van der Waals surface area contributed by atoms with Crippen molar-refractivity contribution < 1.29 is 57.8 Å². The first-order valence-electron chi connectivity index (χ1n) is 8.33. The summed E-state index contributed by atoms with van der Waals surface area (Å²) in [6.45, 7) is 10.3. The molecule has 1 saturated heterocycles. The van der Waals surface area contributed by atoms with Crippen LogP contribution in [0.25, 0.3) is 0 Å².